The van der Waals surface area contributed by atoms with Crippen molar-refractivity contribution in [2.24, 2.45) is 0 Å². The zero-order chi connectivity index (χ0) is 21.1. The number of amides is 2. The van der Waals surface area contributed by atoms with Gasteiger partial charge in [0.1, 0.15) is 12.4 Å². The van der Waals surface area contributed by atoms with Crippen molar-refractivity contribution >= 4 is 28.8 Å². The number of methoxy groups -OCH3 is 1. The van der Waals surface area contributed by atoms with Gasteiger partial charge in [0.2, 0.25) is 5.91 Å². The molecule has 2 amide bonds. The summed E-state index contributed by atoms with van der Waals surface area (Å²) in [4.78, 5) is 28.1. The molecule has 7 heteroatoms. The molecule has 0 fully saturated rings. The third-order valence-electron chi connectivity index (χ3n) is 5.16. The van der Waals surface area contributed by atoms with Crippen LogP contribution in [0.4, 0.5) is 10.1 Å². The lowest BCUT2D eigenvalue weighted by Crippen LogP contribution is -2.41. The van der Waals surface area contributed by atoms with E-state index in [2.05, 4.69) is 11.4 Å². The van der Waals surface area contributed by atoms with Crippen LogP contribution >= 0.6 is 11.3 Å². The number of benzene rings is 2. The van der Waals surface area contributed by atoms with Crippen LogP contribution in [0.15, 0.2) is 60.0 Å². The van der Waals surface area contributed by atoms with Crippen LogP contribution in [0.25, 0.3) is 0 Å². The fourth-order valence-corrected chi connectivity index (χ4v) is 4.65. The standard InChI is InChI=1S/C23H21FN2O3S/c1-29-14-21(27)26-12-10-20-18(11-13-30-20)22(26)15-6-8-16(9-7-15)25-23(28)17-4-2-3-5-19(17)24/h2-9,11,13,22H,10,12,14H2,1H3,(H,25,28). The summed E-state index contributed by atoms with van der Waals surface area (Å²) < 4.78 is 18.9. The van der Waals surface area contributed by atoms with Gasteiger partial charge < -0.3 is 15.0 Å². The van der Waals surface area contributed by atoms with Crippen molar-refractivity contribution in [3.8, 4) is 0 Å². The van der Waals surface area contributed by atoms with Gasteiger partial charge in [0, 0.05) is 24.2 Å². The van der Waals surface area contributed by atoms with Gasteiger partial charge in [-0.1, -0.05) is 24.3 Å². The second kappa shape index (κ2) is 8.77. The molecular formula is C23H21FN2O3S. The lowest BCUT2D eigenvalue weighted by atomic mass is 9.93. The minimum absolute atomic E-state index is 0.00638. The fourth-order valence-electron chi connectivity index (χ4n) is 3.74. The summed E-state index contributed by atoms with van der Waals surface area (Å²) in [6.07, 6.45) is 0.829. The molecular weight excluding hydrogens is 403 g/mol. The third kappa shape index (κ3) is 3.99. The van der Waals surface area contributed by atoms with E-state index in [-0.39, 0.29) is 24.1 Å². The van der Waals surface area contributed by atoms with Crippen LogP contribution in [0.3, 0.4) is 0 Å². The minimum Gasteiger partial charge on any atom is -0.375 e. The molecule has 1 unspecified atom stereocenters. The summed E-state index contributed by atoms with van der Waals surface area (Å²) in [7, 11) is 1.51. The van der Waals surface area contributed by atoms with E-state index in [4.69, 9.17) is 4.74 Å². The van der Waals surface area contributed by atoms with Crippen molar-refractivity contribution in [2.45, 2.75) is 12.5 Å². The number of nitrogens with zero attached hydrogens (tertiary/aromatic N) is 1. The number of ether oxygens (including phenoxy) is 1. The summed E-state index contributed by atoms with van der Waals surface area (Å²) in [6.45, 7) is 0.666. The van der Waals surface area contributed by atoms with Crippen molar-refractivity contribution < 1.29 is 18.7 Å². The van der Waals surface area contributed by atoms with Gasteiger partial charge >= 0.3 is 0 Å². The molecule has 1 N–H and O–H groups in total. The Bertz CT molecular complexity index is 1060. The summed E-state index contributed by atoms with van der Waals surface area (Å²) in [6, 6.07) is 15.0. The Hall–Kier alpha value is -3.03. The lowest BCUT2D eigenvalue weighted by molar-refractivity contribution is -0.137. The summed E-state index contributed by atoms with van der Waals surface area (Å²) in [5, 5.41) is 4.77. The second-order valence-electron chi connectivity index (χ2n) is 7.03. The SMILES string of the molecule is COCC(=O)N1CCc2sccc2C1c1ccc(NC(=O)c2ccccc2F)cc1. The first-order valence-electron chi connectivity index (χ1n) is 9.59. The van der Waals surface area contributed by atoms with E-state index in [1.807, 2.05) is 22.4 Å². The minimum atomic E-state index is -0.564. The molecule has 3 aromatic rings. The molecule has 0 spiro atoms. The molecule has 1 aliphatic rings. The molecule has 2 heterocycles. The molecule has 1 aliphatic heterocycles. The largest absolute Gasteiger partial charge is 0.375 e. The smallest absolute Gasteiger partial charge is 0.258 e. The molecule has 5 nitrogen and oxygen atoms in total. The first-order valence-corrected chi connectivity index (χ1v) is 10.5. The van der Waals surface area contributed by atoms with Crippen LogP contribution < -0.4 is 5.32 Å². The molecule has 0 saturated carbocycles. The van der Waals surface area contributed by atoms with Gasteiger partial charge in [-0.15, -0.1) is 11.3 Å². The number of halogens is 1. The Balaban J connectivity index is 1.58. The zero-order valence-electron chi connectivity index (χ0n) is 16.4. The Morgan fingerprint density at radius 1 is 1.17 bits per heavy atom. The van der Waals surface area contributed by atoms with Crippen molar-refractivity contribution in [1.29, 1.82) is 0 Å². The average Bonchev–Trinajstić information content (AvgIpc) is 3.23. The van der Waals surface area contributed by atoms with E-state index in [0.717, 1.165) is 17.5 Å². The Morgan fingerprint density at radius 2 is 1.93 bits per heavy atom. The van der Waals surface area contributed by atoms with Crippen LogP contribution in [-0.2, 0) is 16.0 Å². The first-order chi connectivity index (χ1) is 14.6. The highest BCUT2D eigenvalue weighted by Crippen LogP contribution is 2.38. The van der Waals surface area contributed by atoms with Crippen LogP contribution in [-0.4, -0.2) is 37.0 Å². The van der Waals surface area contributed by atoms with Crippen LogP contribution in [0.5, 0.6) is 0 Å². The number of rotatable bonds is 5. The Morgan fingerprint density at radius 3 is 2.67 bits per heavy atom. The summed E-state index contributed by atoms with van der Waals surface area (Å²) >= 11 is 1.70. The molecule has 0 aliphatic carbocycles. The predicted octanol–water partition coefficient (Wildman–Crippen LogP) is 4.26. The van der Waals surface area contributed by atoms with Crippen LogP contribution in [0, 0.1) is 5.82 Å². The molecule has 2 aromatic carbocycles. The first kappa shape index (κ1) is 20.3. The van der Waals surface area contributed by atoms with Crippen molar-refractivity contribution in [3.05, 3.63) is 87.4 Å². The van der Waals surface area contributed by atoms with Gasteiger partial charge in [-0.3, -0.25) is 9.59 Å². The maximum atomic E-state index is 13.8. The van der Waals surface area contributed by atoms with Gasteiger partial charge in [-0.05, 0) is 53.3 Å². The molecule has 0 radical (unpaired) electrons. The zero-order valence-corrected chi connectivity index (χ0v) is 17.2. The fraction of sp³-hybridized carbons (Fsp3) is 0.217. The summed E-state index contributed by atoms with van der Waals surface area (Å²) in [5.74, 6) is -1.13. The molecule has 0 bridgehead atoms. The molecule has 154 valence electrons. The number of carbonyl (C=O) groups is 2. The number of fused-ring (bicyclic) bond motifs is 1. The lowest BCUT2D eigenvalue weighted by Gasteiger charge is -2.36. The average molecular weight is 424 g/mol. The monoisotopic (exact) mass is 424 g/mol. The predicted molar refractivity (Wildman–Crippen MR) is 114 cm³/mol. The van der Waals surface area contributed by atoms with Crippen molar-refractivity contribution in [1.82, 2.24) is 4.90 Å². The molecule has 1 aromatic heterocycles. The number of hydrogen-bond donors (Lipinski definition) is 1. The van der Waals surface area contributed by atoms with E-state index in [0.29, 0.717) is 12.2 Å². The highest BCUT2D eigenvalue weighted by Gasteiger charge is 2.32. The van der Waals surface area contributed by atoms with Gasteiger partial charge in [0.15, 0.2) is 0 Å². The molecule has 30 heavy (non-hydrogen) atoms. The maximum Gasteiger partial charge on any atom is 0.258 e. The van der Waals surface area contributed by atoms with E-state index in [9.17, 15) is 14.0 Å². The van der Waals surface area contributed by atoms with Gasteiger partial charge in [0.05, 0.1) is 11.6 Å². The second-order valence-corrected chi connectivity index (χ2v) is 8.03. The number of anilines is 1. The van der Waals surface area contributed by atoms with E-state index >= 15 is 0 Å². The van der Waals surface area contributed by atoms with Crippen LogP contribution in [0.2, 0.25) is 0 Å². The highest BCUT2D eigenvalue weighted by atomic mass is 32.1. The maximum absolute atomic E-state index is 13.8. The number of nitrogens with one attached hydrogen (secondary N) is 1. The highest BCUT2D eigenvalue weighted by molar-refractivity contribution is 7.10. The van der Waals surface area contributed by atoms with E-state index in [1.54, 1.807) is 35.6 Å². The number of hydrogen-bond acceptors (Lipinski definition) is 4. The third-order valence-corrected chi connectivity index (χ3v) is 6.15. The van der Waals surface area contributed by atoms with Crippen molar-refractivity contribution in [2.75, 3.05) is 25.6 Å². The number of carbonyl (C=O) groups excluding carboxylic acids is 2. The number of thiophene rings is 1. The topological polar surface area (TPSA) is 58.6 Å². The molecule has 0 saturated heterocycles. The van der Waals surface area contributed by atoms with E-state index < -0.39 is 11.7 Å². The van der Waals surface area contributed by atoms with Crippen molar-refractivity contribution in [3.63, 3.8) is 0 Å². The quantitative estimate of drug-likeness (QED) is 0.666. The molecule has 4 rings (SSSR count). The molecule has 1 atom stereocenters. The van der Waals surface area contributed by atoms with Crippen LogP contribution in [0.1, 0.15) is 32.4 Å². The van der Waals surface area contributed by atoms with Gasteiger partial charge in [-0.25, -0.2) is 4.39 Å². The van der Waals surface area contributed by atoms with Gasteiger partial charge in [-0.2, -0.15) is 0 Å². The normalized spacial score (nSPS) is 15.5. The summed E-state index contributed by atoms with van der Waals surface area (Å²) in [5.41, 5.74) is 2.62. The Labute approximate surface area is 178 Å². The van der Waals surface area contributed by atoms with E-state index in [1.165, 1.54) is 24.1 Å². The Kier molecular flexibility index (Phi) is 5.92. The van der Waals surface area contributed by atoms with Gasteiger partial charge in [0.25, 0.3) is 5.91 Å².